The number of rotatable bonds is 3. The summed E-state index contributed by atoms with van der Waals surface area (Å²) in [6.45, 7) is 6.81. The molecule has 2 N–H and O–H groups in total. The van der Waals surface area contributed by atoms with Gasteiger partial charge in [0.2, 0.25) is 11.8 Å². The SMILES string of the molecule is CC(C)N1CC2CCCC(C1)C2NC1CCC(=O)NC1=O. The van der Waals surface area contributed by atoms with Crippen molar-refractivity contribution >= 4 is 11.8 Å². The van der Waals surface area contributed by atoms with Crippen LogP contribution in [0.15, 0.2) is 0 Å². The molecule has 2 bridgehead atoms. The Morgan fingerprint density at radius 2 is 1.81 bits per heavy atom. The molecule has 5 heteroatoms. The molecule has 0 aromatic rings. The van der Waals surface area contributed by atoms with Gasteiger partial charge in [-0.05, 0) is 44.9 Å². The fourth-order valence-electron chi connectivity index (χ4n) is 4.25. The van der Waals surface area contributed by atoms with Crippen molar-refractivity contribution in [3.63, 3.8) is 0 Å². The first-order valence-corrected chi connectivity index (χ1v) is 8.38. The lowest BCUT2D eigenvalue weighted by Gasteiger charge is -2.50. The zero-order chi connectivity index (χ0) is 15.0. The highest BCUT2D eigenvalue weighted by molar-refractivity contribution is 6.00. The third-order valence-corrected chi connectivity index (χ3v) is 5.47. The van der Waals surface area contributed by atoms with Crippen molar-refractivity contribution in [2.45, 2.75) is 64.1 Å². The van der Waals surface area contributed by atoms with E-state index in [9.17, 15) is 9.59 Å². The van der Waals surface area contributed by atoms with Gasteiger partial charge in [-0.15, -0.1) is 0 Å². The van der Waals surface area contributed by atoms with Crippen LogP contribution in [0.3, 0.4) is 0 Å². The number of likely N-dealkylation sites (tertiary alicyclic amines) is 1. The summed E-state index contributed by atoms with van der Waals surface area (Å²) < 4.78 is 0. The quantitative estimate of drug-likeness (QED) is 0.759. The van der Waals surface area contributed by atoms with Crippen LogP contribution < -0.4 is 10.6 Å². The monoisotopic (exact) mass is 293 g/mol. The van der Waals surface area contributed by atoms with Crippen LogP contribution in [0, 0.1) is 11.8 Å². The largest absolute Gasteiger partial charge is 0.302 e. The van der Waals surface area contributed by atoms with Gasteiger partial charge in [-0.3, -0.25) is 14.9 Å². The molecule has 3 rings (SSSR count). The Hall–Kier alpha value is -0.940. The molecule has 5 nitrogen and oxygen atoms in total. The van der Waals surface area contributed by atoms with Crippen molar-refractivity contribution in [3.05, 3.63) is 0 Å². The number of hydrogen-bond acceptors (Lipinski definition) is 4. The van der Waals surface area contributed by atoms with Gasteiger partial charge in [0.15, 0.2) is 0 Å². The summed E-state index contributed by atoms with van der Waals surface area (Å²) in [6, 6.07) is 0.865. The number of amides is 2. The van der Waals surface area contributed by atoms with Crippen molar-refractivity contribution in [3.8, 4) is 0 Å². The predicted molar refractivity (Wildman–Crippen MR) is 80.6 cm³/mol. The van der Waals surface area contributed by atoms with Crippen LogP contribution >= 0.6 is 0 Å². The van der Waals surface area contributed by atoms with Crippen molar-refractivity contribution in [2.75, 3.05) is 13.1 Å². The predicted octanol–water partition coefficient (Wildman–Crippen LogP) is 0.890. The van der Waals surface area contributed by atoms with Crippen molar-refractivity contribution in [1.82, 2.24) is 15.5 Å². The van der Waals surface area contributed by atoms with Crippen LogP contribution in [0.1, 0.15) is 46.0 Å². The average Bonchev–Trinajstić information content (AvgIpc) is 2.41. The zero-order valence-corrected chi connectivity index (χ0v) is 13.1. The maximum absolute atomic E-state index is 12.0. The van der Waals surface area contributed by atoms with E-state index in [0.29, 0.717) is 36.8 Å². The number of carbonyl (C=O) groups is 2. The van der Waals surface area contributed by atoms with Gasteiger partial charge in [0.25, 0.3) is 0 Å². The number of imide groups is 1. The summed E-state index contributed by atoms with van der Waals surface area (Å²) in [5, 5.41) is 6.06. The van der Waals surface area contributed by atoms with Gasteiger partial charge in [-0.25, -0.2) is 0 Å². The standard InChI is InChI=1S/C16H27N3O2/c1-10(2)19-8-11-4-3-5-12(9-19)15(11)17-13-6-7-14(20)18-16(13)21/h10-13,15,17H,3-9H2,1-2H3,(H,18,20,21). The molecule has 2 amide bonds. The van der Waals surface area contributed by atoms with Crippen LogP contribution in [0.25, 0.3) is 0 Å². The van der Waals surface area contributed by atoms with Gasteiger partial charge in [-0.1, -0.05) is 6.42 Å². The van der Waals surface area contributed by atoms with E-state index < -0.39 is 0 Å². The van der Waals surface area contributed by atoms with Crippen molar-refractivity contribution in [1.29, 1.82) is 0 Å². The number of carbonyl (C=O) groups excluding carboxylic acids is 2. The molecule has 2 aliphatic heterocycles. The number of nitrogens with one attached hydrogen (secondary N) is 2. The highest BCUT2D eigenvalue weighted by Gasteiger charge is 2.42. The third-order valence-electron chi connectivity index (χ3n) is 5.47. The Labute approximate surface area is 126 Å². The van der Waals surface area contributed by atoms with E-state index in [1.165, 1.54) is 19.3 Å². The molecule has 0 aromatic carbocycles. The first-order valence-electron chi connectivity index (χ1n) is 8.38. The van der Waals surface area contributed by atoms with Gasteiger partial charge in [-0.2, -0.15) is 0 Å². The topological polar surface area (TPSA) is 61.4 Å². The summed E-state index contributed by atoms with van der Waals surface area (Å²) >= 11 is 0. The van der Waals surface area contributed by atoms with Crippen molar-refractivity contribution < 1.29 is 9.59 Å². The first-order chi connectivity index (χ1) is 10.0. The lowest BCUT2D eigenvalue weighted by Crippen LogP contribution is -2.63. The fraction of sp³-hybridized carbons (Fsp3) is 0.875. The molecular formula is C16H27N3O2. The molecule has 3 aliphatic rings. The molecule has 2 heterocycles. The highest BCUT2D eigenvalue weighted by atomic mass is 16.2. The lowest BCUT2D eigenvalue weighted by molar-refractivity contribution is -0.135. The Morgan fingerprint density at radius 1 is 1.14 bits per heavy atom. The molecule has 21 heavy (non-hydrogen) atoms. The van der Waals surface area contributed by atoms with Crippen LogP contribution in [-0.4, -0.2) is 47.9 Å². The smallest absolute Gasteiger partial charge is 0.243 e. The van der Waals surface area contributed by atoms with E-state index in [4.69, 9.17) is 0 Å². The molecule has 3 fully saturated rings. The second-order valence-corrected chi connectivity index (χ2v) is 7.19. The van der Waals surface area contributed by atoms with Crippen LogP contribution in [0.2, 0.25) is 0 Å². The molecule has 3 atom stereocenters. The summed E-state index contributed by atoms with van der Waals surface area (Å²) in [5.74, 6) is 1.03. The molecule has 0 spiro atoms. The highest BCUT2D eigenvalue weighted by Crippen LogP contribution is 2.36. The Morgan fingerprint density at radius 3 is 2.38 bits per heavy atom. The fourth-order valence-corrected chi connectivity index (χ4v) is 4.25. The minimum atomic E-state index is -0.179. The molecular weight excluding hydrogens is 266 g/mol. The number of fused-ring (bicyclic) bond motifs is 2. The molecule has 0 aromatic heterocycles. The summed E-state index contributed by atoms with van der Waals surface area (Å²) in [4.78, 5) is 25.8. The maximum atomic E-state index is 12.0. The molecule has 2 saturated heterocycles. The van der Waals surface area contributed by atoms with Crippen LogP contribution in [0.5, 0.6) is 0 Å². The van der Waals surface area contributed by atoms with Crippen LogP contribution in [-0.2, 0) is 9.59 Å². The normalized spacial score (nSPS) is 37.7. The molecule has 0 radical (unpaired) electrons. The zero-order valence-electron chi connectivity index (χ0n) is 13.1. The Balaban J connectivity index is 1.65. The van der Waals surface area contributed by atoms with Crippen LogP contribution in [0.4, 0.5) is 0 Å². The van der Waals surface area contributed by atoms with Gasteiger partial charge in [0.05, 0.1) is 6.04 Å². The minimum Gasteiger partial charge on any atom is -0.302 e. The number of nitrogens with zero attached hydrogens (tertiary/aromatic N) is 1. The van der Waals surface area contributed by atoms with E-state index in [1.807, 2.05) is 0 Å². The van der Waals surface area contributed by atoms with E-state index in [1.54, 1.807) is 0 Å². The van der Waals surface area contributed by atoms with E-state index >= 15 is 0 Å². The van der Waals surface area contributed by atoms with E-state index in [-0.39, 0.29) is 17.9 Å². The summed E-state index contributed by atoms with van der Waals surface area (Å²) in [7, 11) is 0. The van der Waals surface area contributed by atoms with Gasteiger partial charge >= 0.3 is 0 Å². The molecule has 3 unspecified atom stereocenters. The maximum Gasteiger partial charge on any atom is 0.243 e. The second-order valence-electron chi connectivity index (χ2n) is 7.19. The second kappa shape index (κ2) is 6.05. The van der Waals surface area contributed by atoms with Crippen molar-refractivity contribution in [2.24, 2.45) is 11.8 Å². The average molecular weight is 293 g/mol. The molecule has 1 saturated carbocycles. The lowest BCUT2D eigenvalue weighted by atomic mass is 9.72. The van der Waals surface area contributed by atoms with E-state index in [2.05, 4.69) is 29.4 Å². The van der Waals surface area contributed by atoms with Gasteiger partial charge in [0, 0.05) is 31.6 Å². The minimum absolute atomic E-state index is 0.129. The van der Waals surface area contributed by atoms with Gasteiger partial charge in [0.1, 0.15) is 0 Å². The summed E-state index contributed by atoms with van der Waals surface area (Å²) in [6.07, 6.45) is 4.93. The van der Waals surface area contributed by atoms with E-state index in [0.717, 1.165) is 13.1 Å². The molecule has 118 valence electrons. The number of hydrogen-bond donors (Lipinski definition) is 2. The number of piperidine rings is 2. The Kier molecular flexibility index (Phi) is 4.31. The summed E-state index contributed by atoms with van der Waals surface area (Å²) in [5.41, 5.74) is 0. The first kappa shape index (κ1) is 15.0. The molecule has 1 aliphatic carbocycles. The van der Waals surface area contributed by atoms with Gasteiger partial charge < -0.3 is 10.2 Å². The Bertz CT molecular complexity index is 410. The third kappa shape index (κ3) is 3.14.